The number of halogens is 1. The molecule has 0 heterocycles. The largest absolute Gasteiger partial charge is 0.486 e. The van der Waals surface area contributed by atoms with Gasteiger partial charge in [0, 0.05) is 10.9 Å². The maximum atomic E-state index is 11.8. The Morgan fingerprint density at radius 3 is 2.76 bits per heavy atom. The predicted molar refractivity (Wildman–Crippen MR) is 68.6 cm³/mol. The first-order valence-electron chi connectivity index (χ1n) is 6.08. The minimum atomic E-state index is 0.186. The molecule has 92 valence electrons. The third kappa shape index (κ3) is 3.22. The van der Waals surface area contributed by atoms with Crippen LogP contribution in [0.1, 0.15) is 31.2 Å². The van der Waals surface area contributed by atoms with Crippen molar-refractivity contribution in [2.75, 3.05) is 6.61 Å². The summed E-state index contributed by atoms with van der Waals surface area (Å²) in [6.07, 6.45) is 4.41. The SMILES string of the molecule is Cc1cc(OCC(=O)C2CCCC2)ccc1Cl. The molecule has 2 nitrogen and oxygen atoms in total. The zero-order chi connectivity index (χ0) is 12.3. The molecule has 0 unspecified atom stereocenters. The van der Waals surface area contributed by atoms with Crippen LogP contribution in [0.25, 0.3) is 0 Å². The van der Waals surface area contributed by atoms with E-state index in [1.165, 1.54) is 12.8 Å². The molecule has 0 N–H and O–H groups in total. The highest BCUT2D eigenvalue weighted by Crippen LogP contribution is 2.26. The number of aryl methyl sites for hydroxylation is 1. The molecule has 0 bridgehead atoms. The van der Waals surface area contributed by atoms with Gasteiger partial charge in [-0.25, -0.2) is 0 Å². The Labute approximate surface area is 107 Å². The summed E-state index contributed by atoms with van der Waals surface area (Å²) in [5.41, 5.74) is 0.970. The molecule has 2 rings (SSSR count). The summed E-state index contributed by atoms with van der Waals surface area (Å²) < 4.78 is 5.51. The Morgan fingerprint density at radius 1 is 1.41 bits per heavy atom. The van der Waals surface area contributed by atoms with Crippen molar-refractivity contribution in [2.45, 2.75) is 32.6 Å². The van der Waals surface area contributed by atoms with Crippen LogP contribution < -0.4 is 4.74 Å². The number of Topliss-reactive ketones (excluding diaryl/α,β-unsaturated/α-hetero) is 1. The monoisotopic (exact) mass is 252 g/mol. The van der Waals surface area contributed by atoms with E-state index in [1.54, 1.807) is 12.1 Å². The summed E-state index contributed by atoms with van der Waals surface area (Å²) in [7, 11) is 0. The zero-order valence-electron chi connectivity index (χ0n) is 10.0. The van der Waals surface area contributed by atoms with Crippen molar-refractivity contribution in [3.63, 3.8) is 0 Å². The Bertz CT molecular complexity index is 409. The third-order valence-electron chi connectivity index (χ3n) is 3.32. The van der Waals surface area contributed by atoms with Gasteiger partial charge in [-0.05, 0) is 43.5 Å². The highest BCUT2D eigenvalue weighted by atomic mass is 35.5. The molecule has 0 saturated heterocycles. The fraction of sp³-hybridized carbons (Fsp3) is 0.500. The van der Waals surface area contributed by atoms with Crippen molar-refractivity contribution < 1.29 is 9.53 Å². The van der Waals surface area contributed by atoms with Crippen molar-refractivity contribution in [3.05, 3.63) is 28.8 Å². The fourth-order valence-corrected chi connectivity index (χ4v) is 2.34. The molecular formula is C14H17ClO2. The van der Waals surface area contributed by atoms with Crippen LogP contribution in [0.5, 0.6) is 5.75 Å². The topological polar surface area (TPSA) is 26.3 Å². The fourth-order valence-electron chi connectivity index (χ4n) is 2.23. The smallest absolute Gasteiger partial charge is 0.173 e. The average Bonchev–Trinajstić information content (AvgIpc) is 2.84. The lowest BCUT2D eigenvalue weighted by atomic mass is 10.0. The third-order valence-corrected chi connectivity index (χ3v) is 3.75. The maximum Gasteiger partial charge on any atom is 0.173 e. The van der Waals surface area contributed by atoms with Gasteiger partial charge in [-0.15, -0.1) is 0 Å². The highest BCUT2D eigenvalue weighted by molar-refractivity contribution is 6.31. The maximum absolute atomic E-state index is 11.8. The summed E-state index contributed by atoms with van der Waals surface area (Å²) in [4.78, 5) is 11.8. The Balaban J connectivity index is 1.88. The van der Waals surface area contributed by atoms with Crippen molar-refractivity contribution in [1.82, 2.24) is 0 Å². The van der Waals surface area contributed by atoms with E-state index < -0.39 is 0 Å². The van der Waals surface area contributed by atoms with Gasteiger partial charge in [0.2, 0.25) is 0 Å². The number of rotatable bonds is 4. The minimum Gasteiger partial charge on any atom is -0.486 e. The molecule has 0 aromatic heterocycles. The quantitative estimate of drug-likeness (QED) is 0.815. The standard InChI is InChI=1S/C14H17ClO2/c1-10-8-12(6-7-13(10)15)17-9-14(16)11-4-2-3-5-11/h6-8,11H,2-5,9H2,1H3. The van der Waals surface area contributed by atoms with Crippen molar-refractivity contribution in [2.24, 2.45) is 5.92 Å². The Hall–Kier alpha value is -1.02. The second-order valence-corrected chi connectivity index (χ2v) is 5.05. The van der Waals surface area contributed by atoms with Crippen molar-refractivity contribution >= 4 is 17.4 Å². The van der Waals surface area contributed by atoms with E-state index in [0.29, 0.717) is 0 Å². The van der Waals surface area contributed by atoms with E-state index in [9.17, 15) is 4.79 Å². The summed E-state index contributed by atoms with van der Waals surface area (Å²) in [6.45, 7) is 2.11. The first-order chi connectivity index (χ1) is 8.16. The van der Waals surface area contributed by atoms with E-state index in [-0.39, 0.29) is 18.3 Å². The Kier molecular flexibility index (Phi) is 4.06. The Morgan fingerprint density at radius 2 is 2.12 bits per heavy atom. The van der Waals surface area contributed by atoms with Gasteiger partial charge in [0.15, 0.2) is 5.78 Å². The molecule has 1 aliphatic carbocycles. The van der Waals surface area contributed by atoms with E-state index in [2.05, 4.69) is 0 Å². The van der Waals surface area contributed by atoms with E-state index in [4.69, 9.17) is 16.3 Å². The van der Waals surface area contributed by atoms with Crippen LogP contribution in [0, 0.1) is 12.8 Å². The van der Waals surface area contributed by atoms with Gasteiger partial charge in [0.1, 0.15) is 12.4 Å². The van der Waals surface area contributed by atoms with Gasteiger partial charge < -0.3 is 4.74 Å². The number of benzene rings is 1. The van der Waals surface area contributed by atoms with Crippen LogP contribution in [0.15, 0.2) is 18.2 Å². The van der Waals surface area contributed by atoms with Crippen molar-refractivity contribution in [3.8, 4) is 5.75 Å². The number of ketones is 1. The van der Waals surface area contributed by atoms with Gasteiger partial charge >= 0.3 is 0 Å². The van der Waals surface area contributed by atoms with Crippen LogP contribution in [0.2, 0.25) is 5.02 Å². The van der Waals surface area contributed by atoms with Gasteiger partial charge in [-0.2, -0.15) is 0 Å². The minimum absolute atomic E-state index is 0.186. The molecule has 0 amide bonds. The molecule has 0 atom stereocenters. The predicted octanol–water partition coefficient (Wildman–Crippen LogP) is 3.79. The van der Waals surface area contributed by atoms with E-state index in [0.717, 1.165) is 29.2 Å². The molecule has 0 aliphatic heterocycles. The molecule has 0 spiro atoms. The van der Waals surface area contributed by atoms with Crippen LogP contribution in [-0.4, -0.2) is 12.4 Å². The molecule has 1 saturated carbocycles. The first kappa shape index (κ1) is 12.4. The van der Waals surface area contributed by atoms with Gasteiger partial charge in [0.25, 0.3) is 0 Å². The molecular weight excluding hydrogens is 236 g/mol. The van der Waals surface area contributed by atoms with Gasteiger partial charge in [-0.3, -0.25) is 4.79 Å². The summed E-state index contributed by atoms with van der Waals surface area (Å²) in [5, 5.41) is 0.722. The lowest BCUT2D eigenvalue weighted by Crippen LogP contribution is -2.19. The van der Waals surface area contributed by atoms with Gasteiger partial charge in [-0.1, -0.05) is 24.4 Å². The molecule has 0 radical (unpaired) electrons. The average molecular weight is 253 g/mol. The highest BCUT2D eigenvalue weighted by Gasteiger charge is 2.22. The van der Waals surface area contributed by atoms with Gasteiger partial charge in [0.05, 0.1) is 0 Å². The lowest BCUT2D eigenvalue weighted by molar-refractivity contribution is -0.124. The zero-order valence-corrected chi connectivity index (χ0v) is 10.8. The van der Waals surface area contributed by atoms with E-state index >= 15 is 0 Å². The molecule has 17 heavy (non-hydrogen) atoms. The lowest BCUT2D eigenvalue weighted by Gasteiger charge is -2.10. The molecule has 1 fully saturated rings. The number of carbonyl (C=O) groups is 1. The summed E-state index contributed by atoms with van der Waals surface area (Å²) in [6, 6.07) is 5.47. The molecule has 1 aliphatic rings. The van der Waals surface area contributed by atoms with Crippen LogP contribution in [0.3, 0.4) is 0 Å². The van der Waals surface area contributed by atoms with E-state index in [1.807, 2.05) is 13.0 Å². The molecule has 1 aromatic carbocycles. The number of carbonyl (C=O) groups excluding carboxylic acids is 1. The number of ether oxygens (including phenoxy) is 1. The molecule has 1 aromatic rings. The summed E-state index contributed by atoms with van der Waals surface area (Å²) >= 11 is 5.92. The first-order valence-corrected chi connectivity index (χ1v) is 6.46. The van der Waals surface area contributed by atoms with Crippen LogP contribution in [0.4, 0.5) is 0 Å². The van der Waals surface area contributed by atoms with Crippen LogP contribution in [-0.2, 0) is 4.79 Å². The van der Waals surface area contributed by atoms with Crippen molar-refractivity contribution in [1.29, 1.82) is 0 Å². The number of hydrogen-bond acceptors (Lipinski definition) is 2. The normalized spacial score (nSPS) is 16.1. The number of hydrogen-bond donors (Lipinski definition) is 0. The molecule has 3 heteroatoms. The second-order valence-electron chi connectivity index (χ2n) is 4.65. The summed E-state index contributed by atoms with van der Waals surface area (Å²) in [5.74, 6) is 1.18. The second kappa shape index (κ2) is 5.54. The van der Waals surface area contributed by atoms with Crippen LogP contribution >= 0.6 is 11.6 Å².